The van der Waals surface area contributed by atoms with Crippen molar-refractivity contribution in [1.29, 1.82) is 0 Å². The number of aryl methyl sites for hydroxylation is 1. The normalized spacial score (nSPS) is 25.5. The minimum atomic E-state index is -4.36. The Hall–Kier alpha value is -1.58. The summed E-state index contributed by atoms with van der Waals surface area (Å²) in [6.45, 7) is 10.2. The van der Waals surface area contributed by atoms with E-state index in [0.717, 1.165) is 18.0 Å². The number of ether oxygens (including phenoxy) is 2. The average molecular weight is 632 g/mol. The van der Waals surface area contributed by atoms with Gasteiger partial charge in [0.05, 0.1) is 19.3 Å². The summed E-state index contributed by atoms with van der Waals surface area (Å²) in [4.78, 5) is 50.4. The molecule has 17 heteroatoms. The average Bonchev–Trinajstić information content (AvgIpc) is 3.05. The molecule has 1 fully saturated rings. The fraction of sp³-hybridized carbons (Fsp3) is 0.739. The minimum absolute atomic E-state index is 0.0528. The number of halogens is 2. The van der Waals surface area contributed by atoms with E-state index in [0.29, 0.717) is 4.57 Å². The predicted molar refractivity (Wildman–Crippen MR) is 146 cm³/mol. The van der Waals surface area contributed by atoms with Crippen LogP contribution in [0.5, 0.6) is 0 Å². The lowest BCUT2D eigenvalue weighted by Crippen LogP contribution is -2.42. The summed E-state index contributed by atoms with van der Waals surface area (Å²) in [5.41, 5.74) is -2.29. The highest BCUT2D eigenvalue weighted by Crippen LogP contribution is 2.48. The van der Waals surface area contributed by atoms with Gasteiger partial charge >= 0.3 is 19.4 Å². The van der Waals surface area contributed by atoms with E-state index in [1.807, 2.05) is 4.98 Å². The monoisotopic (exact) mass is 631 g/mol. The molecule has 0 saturated carbocycles. The number of nitrogens with zero attached hydrogens (tertiary/aromatic N) is 1. The van der Waals surface area contributed by atoms with Crippen LogP contribution in [0.3, 0.4) is 0 Å². The van der Waals surface area contributed by atoms with Crippen molar-refractivity contribution in [3.05, 3.63) is 32.6 Å². The van der Waals surface area contributed by atoms with Gasteiger partial charge in [0.1, 0.15) is 18.2 Å². The quantitative estimate of drug-likeness (QED) is 0.133. The number of hydrogen-bond donors (Lipinski definition) is 3. The fourth-order valence-corrected chi connectivity index (χ4v) is 5.97. The topological polar surface area (TPSA) is 175 Å². The van der Waals surface area contributed by atoms with Crippen LogP contribution in [0.2, 0.25) is 0 Å². The van der Waals surface area contributed by atoms with Crippen LogP contribution in [0.25, 0.3) is 0 Å². The Bertz CT molecular complexity index is 1230. The van der Waals surface area contributed by atoms with Gasteiger partial charge in [-0.15, -0.1) is 0 Å². The minimum Gasteiger partial charge on any atom is -0.462 e. The number of carbonyl (C=O) groups is 2. The van der Waals surface area contributed by atoms with Gasteiger partial charge < -0.3 is 14.6 Å². The number of carbonyl (C=O) groups excluding carboxylic acids is 2. The highest BCUT2D eigenvalue weighted by atomic mass is 35.5. The number of H-pyrrole nitrogens is 1. The molecule has 13 nitrogen and oxygen atoms in total. The Morgan fingerprint density at radius 3 is 2.52 bits per heavy atom. The van der Waals surface area contributed by atoms with Gasteiger partial charge in [-0.05, 0) is 27.7 Å². The van der Waals surface area contributed by atoms with E-state index >= 15 is 4.39 Å². The van der Waals surface area contributed by atoms with E-state index in [1.165, 1.54) is 13.8 Å². The Morgan fingerprint density at radius 2 is 1.95 bits per heavy atom. The van der Waals surface area contributed by atoms with Gasteiger partial charge in [-0.25, -0.2) is 18.8 Å². The van der Waals surface area contributed by atoms with Crippen LogP contribution in [0.15, 0.2) is 15.8 Å². The molecule has 228 valence electrons. The summed E-state index contributed by atoms with van der Waals surface area (Å²) in [5.74, 6) is -0.655. The van der Waals surface area contributed by atoms with Crippen molar-refractivity contribution in [3.8, 4) is 0 Å². The molecule has 1 aromatic heterocycles. The summed E-state index contributed by atoms with van der Waals surface area (Å²) in [6.07, 6.45) is -4.95. The largest absolute Gasteiger partial charge is 0.462 e. The number of aromatic nitrogens is 2. The summed E-state index contributed by atoms with van der Waals surface area (Å²) >= 11 is 6.86. The highest BCUT2D eigenvalue weighted by molar-refractivity contribution is 8.13. The third kappa shape index (κ3) is 8.96. The molecule has 6 unspecified atom stereocenters. The van der Waals surface area contributed by atoms with Gasteiger partial charge in [0.25, 0.3) is 10.7 Å². The van der Waals surface area contributed by atoms with Crippen LogP contribution < -0.4 is 16.3 Å². The molecule has 0 amide bonds. The molecular weight excluding hydrogens is 596 g/mol. The summed E-state index contributed by atoms with van der Waals surface area (Å²) in [5, 5.41) is 9.77. The van der Waals surface area contributed by atoms with Gasteiger partial charge in [-0.3, -0.25) is 33.0 Å². The first kappa shape index (κ1) is 34.6. The van der Waals surface area contributed by atoms with Gasteiger partial charge in [-0.1, -0.05) is 44.1 Å². The molecule has 1 aliphatic rings. The van der Waals surface area contributed by atoms with E-state index in [4.69, 9.17) is 30.1 Å². The maximum Gasteiger partial charge on any atom is 0.406 e. The highest BCUT2D eigenvalue weighted by Gasteiger charge is 2.58. The van der Waals surface area contributed by atoms with Crippen LogP contribution in [-0.2, 0) is 32.7 Å². The van der Waals surface area contributed by atoms with Crippen LogP contribution in [0.4, 0.5) is 4.39 Å². The van der Waals surface area contributed by atoms with Crippen LogP contribution >= 0.6 is 31.1 Å². The second-order valence-corrected chi connectivity index (χ2v) is 13.9. The Kier molecular flexibility index (Phi) is 11.8. The van der Waals surface area contributed by atoms with Crippen molar-refractivity contribution >= 4 is 42.2 Å². The summed E-state index contributed by atoms with van der Waals surface area (Å²) in [6, 6.07) is -1.17. The second-order valence-electron chi connectivity index (χ2n) is 10.5. The zero-order valence-corrected chi connectivity index (χ0v) is 25.7. The molecule has 2 rings (SSSR count). The maximum atomic E-state index is 15.4. The number of esters is 1. The third-order valence-corrected chi connectivity index (χ3v) is 8.80. The number of hydrogen-bond acceptors (Lipinski definition) is 11. The predicted octanol–water partition coefficient (Wildman–Crippen LogP) is 2.38. The van der Waals surface area contributed by atoms with E-state index in [-0.39, 0.29) is 23.0 Å². The first-order valence-corrected chi connectivity index (χ1v) is 15.3. The van der Waals surface area contributed by atoms with Crippen LogP contribution in [0, 0.1) is 12.3 Å². The number of aromatic amines is 1. The van der Waals surface area contributed by atoms with Gasteiger partial charge in [0.2, 0.25) is 0 Å². The fourth-order valence-electron chi connectivity index (χ4n) is 3.28. The Morgan fingerprint density at radius 1 is 1.32 bits per heavy atom. The molecule has 2 heterocycles. The van der Waals surface area contributed by atoms with E-state index in [1.54, 1.807) is 34.6 Å². The Balaban J connectivity index is 2.19. The number of aliphatic hydroxyl groups is 1. The van der Waals surface area contributed by atoms with Crippen LogP contribution in [0.1, 0.15) is 53.3 Å². The second kappa shape index (κ2) is 13.6. The van der Waals surface area contributed by atoms with E-state index in [2.05, 4.69) is 5.09 Å². The zero-order chi connectivity index (χ0) is 30.6. The number of alkyl halides is 2. The third-order valence-electron chi connectivity index (χ3n) is 5.43. The van der Waals surface area contributed by atoms with Crippen LogP contribution in [-0.4, -0.2) is 74.2 Å². The SMILES string of the molecule is Cc1cn(C2OC(COP(=O)(NC(C)C(=O)OC(C)C)OCCSC(=O)C(C)(C)C)C(O)C2(F)Cl)c(=O)[nH]c1=O. The van der Waals surface area contributed by atoms with Crippen molar-refractivity contribution in [2.75, 3.05) is 19.0 Å². The molecule has 1 aliphatic heterocycles. The standard InChI is InChI=1S/C23H36ClFN3O10PS/c1-12(2)37-18(31)14(4)27-39(34,35-8-9-40-20(32)22(5,6)7)36-11-15-16(29)23(24,25)19(38-15)28-10-13(3)17(30)26-21(28)33/h10,12,14-16,19,29H,8-9,11H2,1-7H3,(H,27,34)(H,26,30,33). The molecule has 0 aromatic carbocycles. The molecule has 1 aromatic rings. The first-order valence-electron chi connectivity index (χ1n) is 12.4. The molecule has 6 atom stereocenters. The van der Waals surface area contributed by atoms with Gasteiger partial charge in [-0.2, -0.15) is 0 Å². The maximum absolute atomic E-state index is 15.4. The lowest BCUT2D eigenvalue weighted by molar-refractivity contribution is -0.149. The van der Waals surface area contributed by atoms with E-state index in [9.17, 15) is 28.8 Å². The molecule has 3 N–H and O–H groups in total. The summed E-state index contributed by atoms with van der Waals surface area (Å²) in [7, 11) is -4.36. The van der Waals surface area contributed by atoms with Crippen molar-refractivity contribution in [1.82, 2.24) is 14.6 Å². The molecule has 40 heavy (non-hydrogen) atoms. The summed E-state index contributed by atoms with van der Waals surface area (Å²) < 4.78 is 51.0. The Labute approximate surface area is 240 Å². The lowest BCUT2D eigenvalue weighted by Gasteiger charge is -2.25. The number of aliphatic hydroxyl groups excluding tert-OH is 1. The lowest BCUT2D eigenvalue weighted by atomic mass is 10.00. The number of nitrogens with one attached hydrogen (secondary N) is 2. The molecular formula is C23H36ClFN3O10PS. The number of rotatable bonds is 12. The first-order chi connectivity index (χ1) is 18.3. The van der Waals surface area contributed by atoms with Crippen molar-refractivity contribution in [2.45, 2.75) is 84.2 Å². The molecule has 1 saturated heterocycles. The molecule has 0 aliphatic carbocycles. The molecule has 0 spiro atoms. The van der Waals surface area contributed by atoms with E-state index < -0.39 is 72.7 Å². The molecule has 0 bridgehead atoms. The van der Waals surface area contributed by atoms with Crippen molar-refractivity contribution in [3.63, 3.8) is 0 Å². The number of thioether (sulfide) groups is 1. The van der Waals surface area contributed by atoms with Crippen molar-refractivity contribution < 1.29 is 42.2 Å². The van der Waals surface area contributed by atoms with Crippen molar-refractivity contribution in [2.24, 2.45) is 5.41 Å². The smallest absolute Gasteiger partial charge is 0.406 e. The zero-order valence-electron chi connectivity index (χ0n) is 23.3. The molecule has 0 radical (unpaired) electrons. The van der Waals surface area contributed by atoms with Gasteiger partial charge in [0, 0.05) is 22.9 Å². The van der Waals surface area contributed by atoms with Gasteiger partial charge in [0.15, 0.2) is 11.3 Å².